The number of unbranched alkanes of at least 4 members (excludes halogenated alkanes) is 18. The van der Waals surface area contributed by atoms with Gasteiger partial charge in [-0.1, -0.05) is 129 Å². The number of rotatable bonds is 29. The number of carbonyl (C=O) groups excluding carboxylic acids is 2. The molecule has 0 aliphatic heterocycles. The Labute approximate surface area is 281 Å². The van der Waals surface area contributed by atoms with Crippen LogP contribution in [0.4, 0.5) is 0 Å². The van der Waals surface area contributed by atoms with E-state index in [0.717, 1.165) is 32.5 Å². The number of nitrogens with two attached hydrogens (primary N) is 2. The van der Waals surface area contributed by atoms with Crippen LogP contribution in [0.3, 0.4) is 0 Å². The Balaban J connectivity index is -0.000000323. The van der Waals surface area contributed by atoms with Crippen LogP contribution in [0.5, 0.6) is 0 Å². The highest BCUT2D eigenvalue weighted by atomic mass is 32.1. The third-order valence-corrected chi connectivity index (χ3v) is 6.58. The van der Waals surface area contributed by atoms with E-state index in [0.29, 0.717) is 13.0 Å². The zero-order valence-corrected chi connectivity index (χ0v) is 30.2. The quantitative estimate of drug-likeness (QED) is 0.0339. The number of aliphatic carboxylic acids is 1. The van der Waals surface area contributed by atoms with Gasteiger partial charge in [0, 0.05) is 26.1 Å². The van der Waals surface area contributed by atoms with E-state index in [1.807, 2.05) is 0 Å². The lowest BCUT2D eigenvalue weighted by Crippen LogP contribution is -2.22. The van der Waals surface area contributed by atoms with E-state index in [1.165, 1.54) is 116 Å². The SMILES string of the molecule is CCCCCCCCCCCCCCCCCCCCCC(=O)O.CCCNCCN.NCCO.O=C(S)COCC(=O)S. The van der Waals surface area contributed by atoms with Crippen molar-refractivity contribution in [3.63, 3.8) is 0 Å². The van der Waals surface area contributed by atoms with Crippen LogP contribution >= 0.6 is 25.3 Å². The third-order valence-electron chi connectivity index (χ3n) is 6.32. The van der Waals surface area contributed by atoms with Gasteiger partial charge >= 0.3 is 5.97 Å². The molecule has 0 saturated carbocycles. The fraction of sp³-hybridized carbons (Fsp3) is 0.909. The van der Waals surface area contributed by atoms with Crippen LogP contribution in [0.2, 0.25) is 0 Å². The van der Waals surface area contributed by atoms with Gasteiger partial charge in [0.2, 0.25) is 10.2 Å². The zero-order valence-electron chi connectivity index (χ0n) is 28.4. The van der Waals surface area contributed by atoms with Crippen molar-refractivity contribution in [1.29, 1.82) is 0 Å². The molecule has 0 radical (unpaired) electrons. The molecule has 0 rings (SSSR count). The first kappa shape index (κ1) is 50.2. The summed E-state index contributed by atoms with van der Waals surface area (Å²) in [6.45, 7) is 7.41. The summed E-state index contributed by atoms with van der Waals surface area (Å²) in [5.74, 6) is -0.651. The van der Waals surface area contributed by atoms with Crippen molar-refractivity contribution in [2.24, 2.45) is 11.5 Å². The molecular weight excluding hydrogens is 599 g/mol. The minimum atomic E-state index is -0.651. The van der Waals surface area contributed by atoms with Crippen molar-refractivity contribution >= 4 is 41.5 Å². The molecule has 0 unspecified atom stereocenters. The molecule has 266 valence electrons. The fourth-order valence-corrected chi connectivity index (χ4v) is 4.17. The number of aliphatic hydroxyl groups excluding tert-OH is 1. The number of hydrogen-bond acceptors (Lipinski definition) is 8. The molecule has 0 fully saturated rings. The van der Waals surface area contributed by atoms with Crippen molar-refractivity contribution in [3.8, 4) is 0 Å². The van der Waals surface area contributed by atoms with E-state index in [4.69, 9.17) is 21.7 Å². The minimum absolute atomic E-state index is 0.0972. The van der Waals surface area contributed by atoms with Crippen LogP contribution in [0, 0.1) is 0 Å². The van der Waals surface area contributed by atoms with Crippen LogP contribution in [-0.2, 0) is 19.1 Å². The van der Waals surface area contributed by atoms with E-state index >= 15 is 0 Å². The van der Waals surface area contributed by atoms with Crippen LogP contribution in [0.25, 0.3) is 0 Å². The topological polar surface area (TPSA) is 165 Å². The van der Waals surface area contributed by atoms with Crippen LogP contribution in [-0.4, -0.2) is 72.4 Å². The molecular formula is C33H71N3O6S2. The van der Waals surface area contributed by atoms with Gasteiger partial charge < -0.3 is 31.7 Å². The van der Waals surface area contributed by atoms with E-state index < -0.39 is 16.2 Å². The van der Waals surface area contributed by atoms with Crippen molar-refractivity contribution in [1.82, 2.24) is 5.32 Å². The van der Waals surface area contributed by atoms with Crippen molar-refractivity contribution in [3.05, 3.63) is 0 Å². The van der Waals surface area contributed by atoms with Gasteiger partial charge in [0.25, 0.3) is 0 Å². The van der Waals surface area contributed by atoms with Crippen LogP contribution in [0.1, 0.15) is 149 Å². The van der Waals surface area contributed by atoms with Gasteiger partial charge in [0.1, 0.15) is 13.2 Å². The Morgan fingerprint density at radius 1 is 0.591 bits per heavy atom. The van der Waals surface area contributed by atoms with Gasteiger partial charge in [-0.05, 0) is 19.4 Å². The molecule has 0 aromatic heterocycles. The van der Waals surface area contributed by atoms with E-state index in [1.54, 1.807) is 0 Å². The summed E-state index contributed by atoms with van der Waals surface area (Å²) in [4.78, 5) is 30.4. The zero-order chi connectivity index (χ0) is 33.9. The maximum atomic E-state index is 10.4. The molecule has 44 heavy (non-hydrogen) atoms. The maximum Gasteiger partial charge on any atom is 0.303 e. The third kappa shape index (κ3) is 68.5. The van der Waals surface area contributed by atoms with Crippen molar-refractivity contribution < 1.29 is 29.3 Å². The number of hydrogen-bond donors (Lipinski definition) is 7. The maximum absolute atomic E-state index is 10.4. The first-order valence-electron chi connectivity index (χ1n) is 17.2. The molecule has 0 spiro atoms. The van der Waals surface area contributed by atoms with Gasteiger partial charge in [-0.2, -0.15) is 0 Å². The number of ether oxygens (including phenoxy) is 1. The molecule has 0 aromatic rings. The molecule has 0 heterocycles. The highest BCUT2D eigenvalue weighted by Crippen LogP contribution is 2.14. The Morgan fingerprint density at radius 2 is 0.932 bits per heavy atom. The Morgan fingerprint density at radius 3 is 1.18 bits per heavy atom. The summed E-state index contributed by atoms with van der Waals surface area (Å²) >= 11 is 6.80. The second-order valence-corrected chi connectivity index (χ2v) is 11.8. The smallest absolute Gasteiger partial charge is 0.303 e. The van der Waals surface area contributed by atoms with Crippen molar-refractivity contribution in [2.75, 3.05) is 46.0 Å². The Kier molecular flexibility index (Phi) is 56.1. The summed E-state index contributed by atoms with van der Waals surface area (Å²) in [6.07, 6.45) is 27.3. The number of carboxylic acids is 1. The molecule has 11 heteroatoms. The second kappa shape index (κ2) is 49.2. The normalized spacial score (nSPS) is 10.1. The van der Waals surface area contributed by atoms with Crippen LogP contribution < -0.4 is 16.8 Å². The highest BCUT2D eigenvalue weighted by Gasteiger charge is 1.98. The summed E-state index contributed by atoms with van der Waals surface area (Å²) in [5, 5.41) is 18.7. The molecule has 0 bridgehead atoms. The highest BCUT2D eigenvalue weighted by molar-refractivity contribution is 7.96. The lowest BCUT2D eigenvalue weighted by molar-refractivity contribution is -0.137. The van der Waals surface area contributed by atoms with Gasteiger partial charge in [-0.3, -0.25) is 14.4 Å². The predicted molar refractivity (Wildman–Crippen MR) is 193 cm³/mol. The van der Waals surface area contributed by atoms with Gasteiger partial charge in [-0.15, -0.1) is 25.3 Å². The molecule has 0 amide bonds. The van der Waals surface area contributed by atoms with Crippen molar-refractivity contribution in [2.45, 2.75) is 149 Å². The Hall–Kier alpha value is -0.690. The molecule has 0 aliphatic carbocycles. The number of aliphatic hydroxyl groups is 1. The summed E-state index contributed by atoms with van der Waals surface area (Å²) in [6, 6.07) is 0. The molecule has 0 aromatic carbocycles. The average Bonchev–Trinajstić information content (AvgIpc) is 2.99. The van der Waals surface area contributed by atoms with Gasteiger partial charge in [0.15, 0.2) is 0 Å². The monoisotopic (exact) mass is 669 g/mol. The average molecular weight is 670 g/mol. The predicted octanol–water partition coefficient (Wildman–Crippen LogP) is 6.69. The molecule has 7 N–H and O–H groups in total. The van der Waals surface area contributed by atoms with E-state index in [2.05, 4.69) is 49.2 Å². The standard InChI is InChI=1S/C22H44O2.C5H14N2.C4H6O3S2.C2H7NO/c1-2-3-4-5-6-7-8-9-10-11-12-13-14-15-16-17-18-19-20-21-22(23)24;1-2-4-7-5-3-6;5-3(8)1-7-2-4(6)9;3-1-2-4/h2-21H2,1H3,(H,23,24);7H,2-6H2,1H3;1-2H2,(H,5,8)(H,6,9);4H,1-3H2. The summed E-state index contributed by atoms with van der Waals surface area (Å²) < 4.78 is 4.50. The number of nitrogens with one attached hydrogen (secondary N) is 1. The lowest BCUT2D eigenvalue weighted by Gasteiger charge is -2.03. The molecule has 9 nitrogen and oxygen atoms in total. The summed E-state index contributed by atoms with van der Waals surface area (Å²) in [5.41, 5.74) is 9.98. The second-order valence-electron chi connectivity index (χ2n) is 10.8. The van der Waals surface area contributed by atoms with Gasteiger partial charge in [0.05, 0.1) is 6.61 Å². The van der Waals surface area contributed by atoms with Gasteiger partial charge in [-0.25, -0.2) is 0 Å². The Bertz CT molecular complexity index is 556. The number of thiol groups is 2. The van der Waals surface area contributed by atoms with E-state index in [-0.39, 0.29) is 19.8 Å². The molecule has 0 saturated heterocycles. The first-order valence-corrected chi connectivity index (χ1v) is 18.1. The fourth-order valence-electron chi connectivity index (χ4n) is 3.98. The largest absolute Gasteiger partial charge is 0.481 e. The van der Waals surface area contributed by atoms with E-state index in [9.17, 15) is 14.4 Å². The lowest BCUT2D eigenvalue weighted by atomic mass is 10.0. The first-order chi connectivity index (χ1) is 21.2. The minimum Gasteiger partial charge on any atom is -0.481 e. The number of carbonyl (C=O) groups is 3. The summed E-state index contributed by atoms with van der Waals surface area (Å²) in [7, 11) is 0. The van der Waals surface area contributed by atoms with Crippen LogP contribution in [0.15, 0.2) is 0 Å². The number of carboxylic acid groups (broad SMARTS) is 1. The molecule has 0 aliphatic rings. The molecule has 0 atom stereocenters.